The third kappa shape index (κ3) is 1.90. The Morgan fingerprint density at radius 2 is 2.29 bits per heavy atom. The van der Waals surface area contributed by atoms with E-state index in [0.29, 0.717) is 6.04 Å². The minimum absolute atomic E-state index is 0.00965. The molecule has 2 atom stereocenters. The van der Waals surface area contributed by atoms with Crippen LogP contribution in [0.2, 0.25) is 0 Å². The lowest BCUT2D eigenvalue weighted by molar-refractivity contribution is -0.0879. The fourth-order valence-electron chi connectivity index (χ4n) is 3.33. The van der Waals surface area contributed by atoms with Crippen molar-refractivity contribution in [3.8, 4) is 0 Å². The maximum atomic E-state index is 6.22. The second kappa shape index (κ2) is 4.11. The van der Waals surface area contributed by atoms with Crippen LogP contribution < -0.4 is 5.32 Å². The minimum Gasteiger partial charge on any atom is -0.370 e. The van der Waals surface area contributed by atoms with Crippen LogP contribution in [0.4, 0.5) is 0 Å². The molecular formula is C15H21NO. The van der Waals surface area contributed by atoms with Crippen LogP contribution in [-0.2, 0) is 16.8 Å². The van der Waals surface area contributed by atoms with Crippen LogP contribution in [0.25, 0.3) is 0 Å². The summed E-state index contributed by atoms with van der Waals surface area (Å²) in [4.78, 5) is 0. The second-order valence-electron chi connectivity index (χ2n) is 5.56. The molecule has 0 aromatic heterocycles. The molecule has 17 heavy (non-hydrogen) atoms. The van der Waals surface area contributed by atoms with Crippen molar-refractivity contribution in [3.05, 3.63) is 34.9 Å². The van der Waals surface area contributed by atoms with Gasteiger partial charge in [-0.2, -0.15) is 0 Å². The Morgan fingerprint density at radius 1 is 1.41 bits per heavy atom. The normalized spacial score (nSPS) is 32.5. The largest absolute Gasteiger partial charge is 0.370 e. The van der Waals surface area contributed by atoms with Crippen LogP contribution in [0.1, 0.15) is 36.5 Å². The Labute approximate surface area is 103 Å². The topological polar surface area (TPSA) is 21.3 Å². The second-order valence-corrected chi connectivity index (χ2v) is 5.56. The quantitative estimate of drug-likeness (QED) is 0.741. The Morgan fingerprint density at radius 3 is 3.12 bits per heavy atom. The van der Waals surface area contributed by atoms with Crippen molar-refractivity contribution < 1.29 is 4.74 Å². The fourth-order valence-corrected chi connectivity index (χ4v) is 3.33. The summed E-state index contributed by atoms with van der Waals surface area (Å²) in [5.41, 5.74) is 4.29. The highest BCUT2D eigenvalue weighted by Crippen LogP contribution is 2.41. The van der Waals surface area contributed by atoms with Gasteiger partial charge in [-0.15, -0.1) is 0 Å². The van der Waals surface area contributed by atoms with E-state index in [1.54, 1.807) is 0 Å². The van der Waals surface area contributed by atoms with E-state index >= 15 is 0 Å². The van der Waals surface area contributed by atoms with Gasteiger partial charge in [-0.25, -0.2) is 0 Å². The molecule has 1 aromatic carbocycles. The SMILES string of the molecule is Cc1ccc2c(c1)[C@]1(CCN[C@@H](C)C1)OCC2. The van der Waals surface area contributed by atoms with Gasteiger partial charge in [0.1, 0.15) is 0 Å². The molecule has 1 fully saturated rings. The Balaban J connectivity index is 2.05. The molecule has 0 aliphatic carbocycles. The van der Waals surface area contributed by atoms with E-state index in [0.717, 1.165) is 32.4 Å². The van der Waals surface area contributed by atoms with E-state index in [4.69, 9.17) is 4.74 Å². The Bertz CT molecular complexity index is 429. The summed E-state index contributed by atoms with van der Waals surface area (Å²) in [5, 5.41) is 3.52. The van der Waals surface area contributed by atoms with Gasteiger partial charge in [0.05, 0.1) is 12.2 Å². The zero-order valence-corrected chi connectivity index (χ0v) is 10.8. The number of aryl methyl sites for hydroxylation is 1. The van der Waals surface area contributed by atoms with Gasteiger partial charge in [-0.1, -0.05) is 23.8 Å². The average Bonchev–Trinajstić information content (AvgIpc) is 2.30. The number of hydrogen-bond donors (Lipinski definition) is 1. The van der Waals surface area contributed by atoms with Gasteiger partial charge in [0.2, 0.25) is 0 Å². The highest BCUT2D eigenvalue weighted by atomic mass is 16.5. The predicted octanol–water partition coefficient (Wildman–Crippen LogP) is 2.53. The van der Waals surface area contributed by atoms with Crippen molar-refractivity contribution >= 4 is 0 Å². The van der Waals surface area contributed by atoms with Gasteiger partial charge in [0.25, 0.3) is 0 Å². The van der Waals surface area contributed by atoms with E-state index in [9.17, 15) is 0 Å². The van der Waals surface area contributed by atoms with E-state index in [2.05, 4.69) is 37.4 Å². The van der Waals surface area contributed by atoms with Crippen molar-refractivity contribution in [2.75, 3.05) is 13.2 Å². The summed E-state index contributed by atoms with van der Waals surface area (Å²) in [6, 6.07) is 7.41. The summed E-state index contributed by atoms with van der Waals surface area (Å²) in [6.07, 6.45) is 3.27. The van der Waals surface area contributed by atoms with Gasteiger partial charge in [-0.3, -0.25) is 0 Å². The molecule has 2 nitrogen and oxygen atoms in total. The molecule has 1 saturated heterocycles. The molecule has 0 bridgehead atoms. The van der Waals surface area contributed by atoms with E-state index in [-0.39, 0.29) is 5.60 Å². The first-order chi connectivity index (χ1) is 8.20. The van der Waals surface area contributed by atoms with Crippen LogP contribution in [0.5, 0.6) is 0 Å². The number of rotatable bonds is 0. The van der Waals surface area contributed by atoms with Crippen LogP contribution in [0.15, 0.2) is 18.2 Å². The van der Waals surface area contributed by atoms with Gasteiger partial charge in [-0.05, 0) is 50.8 Å². The maximum absolute atomic E-state index is 6.22. The fraction of sp³-hybridized carbons (Fsp3) is 0.600. The highest BCUT2D eigenvalue weighted by Gasteiger charge is 2.40. The predicted molar refractivity (Wildman–Crippen MR) is 69.2 cm³/mol. The third-order valence-corrected chi connectivity index (χ3v) is 4.16. The summed E-state index contributed by atoms with van der Waals surface area (Å²) in [5.74, 6) is 0. The zero-order valence-electron chi connectivity index (χ0n) is 10.8. The molecule has 92 valence electrons. The lowest BCUT2D eigenvalue weighted by Crippen LogP contribution is -2.48. The zero-order chi connectivity index (χ0) is 11.9. The van der Waals surface area contributed by atoms with Crippen LogP contribution in [0.3, 0.4) is 0 Å². The van der Waals surface area contributed by atoms with Gasteiger partial charge < -0.3 is 10.1 Å². The highest BCUT2D eigenvalue weighted by molar-refractivity contribution is 5.38. The van der Waals surface area contributed by atoms with Crippen LogP contribution >= 0.6 is 0 Å². The number of hydrogen-bond acceptors (Lipinski definition) is 2. The smallest absolute Gasteiger partial charge is 0.0961 e. The monoisotopic (exact) mass is 231 g/mol. The van der Waals surface area contributed by atoms with Gasteiger partial charge >= 0.3 is 0 Å². The van der Waals surface area contributed by atoms with Crippen molar-refractivity contribution in [2.24, 2.45) is 0 Å². The molecule has 1 N–H and O–H groups in total. The number of fused-ring (bicyclic) bond motifs is 2. The Kier molecular flexibility index (Phi) is 2.72. The molecule has 0 radical (unpaired) electrons. The summed E-state index contributed by atoms with van der Waals surface area (Å²) >= 11 is 0. The molecule has 0 saturated carbocycles. The Hall–Kier alpha value is -0.860. The molecule has 3 rings (SSSR count). The lowest BCUT2D eigenvalue weighted by atomic mass is 9.77. The average molecular weight is 231 g/mol. The molecule has 2 aliphatic heterocycles. The van der Waals surface area contributed by atoms with E-state index < -0.39 is 0 Å². The molecule has 2 aliphatic rings. The van der Waals surface area contributed by atoms with Crippen molar-refractivity contribution in [2.45, 2.75) is 44.8 Å². The summed E-state index contributed by atoms with van der Waals surface area (Å²) < 4.78 is 6.22. The molecule has 1 spiro atoms. The van der Waals surface area contributed by atoms with Gasteiger partial charge in [0.15, 0.2) is 0 Å². The number of ether oxygens (including phenoxy) is 1. The lowest BCUT2D eigenvalue weighted by Gasteiger charge is -2.44. The maximum Gasteiger partial charge on any atom is 0.0961 e. The number of benzene rings is 1. The molecule has 2 heterocycles. The molecule has 1 aromatic rings. The molecule has 0 unspecified atom stereocenters. The first-order valence-electron chi connectivity index (χ1n) is 6.67. The third-order valence-electron chi connectivity index (χ3n) is 4.16. The molecule has 0 amide bonds. The van der Waals surface area contributed by atoms with E-state index in [1.165, 1.54) is 16.7 Å². The van der Waals surface area contributed by atoms with Crippen LogP contribution in [-0.4, -0.2) is 19.2 Å². The van der Waals surface area contributed by atoms with Crippen molar-refractivity contribution in [1.82, 2.24) is 5.32 Å². The summed E-state index contributed by atoms with van der Waals surface area (Å²) in [6.45, 7) is 6.37. The first-order valence-corrected chi connectivity index (χ1v) is 6.67. The number of nitrogens with one attached hydrogen (secondary N) is 1. The number of piperidine rings is 1. The standard InChI is InChI=1S/C15H21NO/c1-11-3-4-13-5-8-17-15(14(13)9-11)6-7-16-12(2)10-15/h3-4,9,12,16H,5-8,10H2,1-2H3/t12-,15+/m0/s1. The molecule has 2 heteroatoms. The van der Waals surface area contributed by atoms with E-state index in [1.807, 2.05) is 0 Å². The van der Waals surface area contributed by atoms with Crippen LogP contribution in [0, 0.1) is 6.92 Å². The first kappa shape index (κ1) is 11.2. The van der Waals surface area contributed by atoms with Crippen molar-refractivity contribution in [1.29, 1.82) is 0 Å². The van der Waals surface area contributed by atoms with Crippen molar-refractivity contribution in [3.63, 3.8) is 0 Å². The minimum atomic E-state index is -0.00965. The molecular weight excluding hydrogens is 210 g/mol. The summed E-state index contributed by atoms with van der Waals surface area (Å²) in [7, 11) is 0. The van der Waals surface area contributed by atoms with Gasteiger partial charge in [0, 0.05) is 6.04 Å².